The van der Waals surface area contributed by atoms with Crippen LogP contribution in [0.2, 0.25) is 0 Å². The van der Waals surface area contributed by atoms with E-state index >= 15 is 0 Å². The lowest BCUT2D eigenvalue weighted by atomic mass is 10.1. The fourth-order valence-electron chi connectivity index (χ4n) is 2.57. The van der Waals surface area contributed by atoms with Crippen LogP contribution < -0.4 is 5.32 Å². The number of amides is 1. The number of halogens is 3. The van der Waals surface area contributed by atoms with Crippen molar-refractivity contribution < 1.29 is 32.6 Å². The molecule has 0 fully saturated rings. The number of esters is 1. The van der Waals surface area contributed by atoms with E-state index in [1.165, 1.54) is 6.07 Å². The molecule has 0 radical (unpaired) electrons. The smallest absolute Gasteiger partial charge is 0.416 e. The minimum Gasteiger partial charge on any atom is -0.506 e. The Morgan fingerprint density at radius 2 is 1.64 bits per heavy atom. The van der Waals surface area contributed by atoms with Gasteiger partial charge < -0.3 is 15.2 Å². The summed E-state index contributed by atoms with van der Waals surface area (Å²) in [5.41, 5.74) is -0.813. The third-order valence-electron chi connectivity index (χ3n) is 3.95. The topological polar surface area (TPSA) is 75.6 Å². The largest absolute Gasteiger partial charge is 0.506 e. The number of fused-ring (bicyclic) bond motifs is 1. The molecular weight excluding hydrogens is 375 g/mol. The van der Waals surface area contributed by atoms with E-state index in [9.17, 15) is 27.9 Å². The molecule has 3 aromatic carbocycles. The predicted octanol–water partition coefficient (Wildman–Crippen LogP) is 4.36. The van der Waals surface area contributed by atoms with Gasteiger partial charge in [-0.2, -0.15) is 13.2 Å². The number of nitrogens with one attached hydrogen (secondary N) is 1. The van der Waals surface area contributed by atoms with E-state index < -0.39 is 30.2 Å². The Hall–Kier alpha value is -3.55. The van der Waals surface area contributed by atoms with Gasteiger partial charge in [0.15, 0.2) is 6.61 Å². The summed E-state index contributed by atoms with van der Waals surface area (Å²) in [5.74, 6) is -1.88. The van der Waals surface area contributed by atoms with E-state index in [1.807, 2.05) is 0 Å². The van der Waals surface area contributed by atoms with E-state index in [0.717, 1.165) is 29.7 Å². The second kappa shape index (κ2) is 7.59. The van der Waals surface area contributed by atoms with Crippen molar-refractivity contribution in [3.63, 3.8) is 0 Å². The molecule has 0 aliphatic carbocycles. The molecule has 0 saturated carbocycles. The quantitative estimate of drug-likeness (QED) is 0.650. The fourth-order valence-corrected chi connectivity index (χ4v) is 2.57. The summed E-state index contributed by atoms with van der Waals surface area (Å²) in [6, 6.07) is 13.8. The highest BCUT2D eigenvalue weighted by Gasteiger charge is 2.30. The molecule has 3 rings (SSSR count). The zero-order valence-corrected chi connectivity index (χ0v) is 14.3. The van der Waals surface area contributed by atoms with Crippen LogP contribution in [0.25, 0.3) is 10.8 Å². The van der Waals surface area contributed by atoms with Gasteiger partial charge in [-0.15, -0.1) is 0 Å². The molecule has 5 nitrogen and oxygen atoms in total. The molecule has 0 atom stereocenters. The normalized spacial score (nSPS) is 11.2. The van der Waals surface area contributed by atoms with Crippen LogP contribution in [-0.4, -0.2) is 23.6 Å². The number of alkyl halides is 3. The summed E-state index contributed by atoms with van der Waals surface area (Å²) in [5, 5.41) is 13.7. The number of ether oxygens (including phenoxy) is 1. The molecule has 2 N–H and O–H groups in total. The Kier molecular flexibility index (Phi) is 5.21. The van der Waals surface area contributed by atoms with Gasteiger partial charge in [0.05, 0.1) is 5.56 Å². The molecule has 3 aromatic rings. The van der Waals surface area contributed by atoms with Crippen LogP contribution in [-0.2, 0) is 15.7 Å². The molecule has 0 aliphatic rings. The first kappa shape index (κ1) is 19.2. The number of phenols is 1. The number of hydrogen-bond donors (Lipinski definition) is 2. The maximum atomic E-state index is 12.5. The number of phenolic OH excluding ortho intramolecular Hbond substituents is 1. The maximum Gasteiger partial charge on any atom is 0.416 e. The molecule has 0 bridgehead atoms. The Balaban J connectivity index is 1.61. The van der Waals surface area contributed by atoms with Crippen molar-refractivity contribution in [1.29, 1.82) is 0 Å². The van der Waals surface area contributed by atoms with Crippen LogP contribution in [0.4, 0.5) is 18.9 Å². The highest BCUT2D eigenvalue weighted by molar-refractivity contribution is 6.02. The molecule has 8 heteroatoms. The average Bonchev–Trinajstić information content (AvgIpc) is 2.66. The summed E-state index contributed by atoms with van der Waals surface area (Å²) in [6.45, 7) is -0.661. The van der Waals surface area contributed by atoms with Crippen molar-refractivity contribution in [1.82, 2.24) is 0 Å². The number of carbonyl (C=O) groups excluding carboxylic acids is 2. The summed E-state index contributed by atoms with van der Waals surface area (Å²) in [4.78, 5) is 24.0. The van der Waals surface area contributed by atoms with Gasteiger partial charge in [0, 0.05) is 11.1 Å². The Morgan fingerprint density at radius 3 is 2.32 bits per heavy atom. The van der Waals surface area contributed by atoms with E-state index in [4.69, 9.17) is 4.74 Å². The SMILES string of the molecule is O=C(COC(=O)c1ccc2ccccc2c1O)Nc1ccc(C(F)(F)F)cc1. The number of benzene rings is 3. The first-order chi connectivity index (χ1) is 13.3. The molecule has 0 spiro atoms. The number of hydrogen-bond acceptors (Lipinski definition) is 4. The zero-order valence-electron chi connectivity index (χ0n) is 14.3. The lowest BCUT2D eigenvalue weighted by Gasteiger charge is -2.10. The molecule has 0 heterocycles. The van der Waals surface area contributed by atoms with Gasteiger partial charge in [-0.3, -0.25) is 4.79 Å². The zero-order chi connectivity index (χ0) is 20.3. The molecular formula is C20H14F3NO4. The standard InChI is InChI=1S/C20H14F3NO4/c21-20(22,23)13-6-8-14(9-7-13)24-17(25)11-28-19(27)16-10-5-12-3-1-2-4-15(12)18(16)26/h1-10,26H,11H2,(H,24,25). The molecule has 144 valence electrons. The van der Waals surface area contributed by atoms with Crippen molar-refractivity contribution >= 4 is 28.3 Å². The summed E-state index contributed by atoms with van der Waals surface area (Å²) < 4.78 is 42.4. The van der Waals surface area contributed by atoms with E-state index in [0.29, 0.717) is 5.39 Å². The second-order valence-electron chi connectivity index (χ2n) is 5.88. The Morgan fingerprint density at radius 1 is 0.964 bits per heavy atom. The van der Waals surface area contributed by atoms with Gasteiger partial charge in [0.2, 0.25) is 0 Å². The molecule has 0 saturated heterocycles. The second-order valence-corrected chi connectivity index (χ2v) is 5.88. The van der Waals surface area contributed by atoms with E-state index in [1.54, 1.807) is 30.3 Å². The highest BCUT2D eigenvalue weighted by Crippen LogP contribution is 2.30. The molecule has 0 aromatic heterocycles. The van der Waals surface area contributed by atoms with Crippen LogP contribution in [0.15, 0.2) is 60.7 Å². The first-order valence-corrected chi connectivity index (χ1v) is 8.10. The lowest BCUT2D eigenvalue weighted by molar-refractivity contribution is -0.137. The van der Waals surface area contributed by atoms with Crippen LogP contribution in [0, 0.1) is 0 Å². The van der Waals surface area contributed by atoms with Gasteiger partial charge in [0.25, 0.3) is 5.91 Å². The summed E-state index contributed by atoms with van der Waals surface area (Å²) in [7, 11) is 0. The average molecular weight is 389 g/mol. The van der Waals surface area contributed by atoms with E-state index in [2.05, 4.69) is 5.32 Å². The van der Waals surface area contributed by atoms with Gasteiger partial charge in [-0.1, -0.05) is 30.3 Å². The van der Waals surface area contributed by atoms with Gasteiger partial charge in [-0.25, -0.2) is 4.79 Å². The molecule has 0 aliphatic heterocycles. The van der Waals surface area contributed by atoms with Gasteiger partial charge >= 0.3 is 12.1 Å². The number of rotatable bonds is 4. The van der Waals surface area contributed by atoms with Crippen molar-refractivity contribution in [3.8, 4) is 5.75 Å². The third kappa shape index (κ3) is 4.22. The monoisotopic (exact) mass is 389 g/mol. The maximum absolute atomic E-state index is 12.5. The first-order valence-electron chi connectivity index (χ1n) is 8.10. The van der Waals surface area contributed by atoms with Crippen LogP contribution in [0.1, 0.15) is 15.9 Å². The summed E-state index contributed by atoms with van der Waals surface area (Å²) >= 11 is 0. The molecule has 28 heavy (non-hydrogen) atoms. The van der Waals surface area contributed by atoms with Crippen molar-refractivity contribution in [2.45, 2.75) is 6.18 Å². The fraction of sp³-hybridized carbons (Fsp3) is 0.100. The molecule has 1 amide bonds. The predicted molar refractivity (Wildman–Crippen MR) is 96.0 cm³/mol. The van der Waals surface area contributed by atoms with Crippen LogP contribution >= 0.6 is 0 Å². The Labute approximate surface area is 157 Å². The highest BCUT2D eigenvalue weighted by atomic mass is 19.4. The van der Waals surface area contributed by atoms with Crippen LogP contribution in [0.3, 0.4) is 0 Å². The minimum atomic E-state index is -4.47. The Bertz CT molecular complexity index is 1030. The van der Waals surface area contributed by atoms with Gasteiger partial charge in [-0.05, 0) is 35.7 Å². The van der Waals surface area contributed by atoms with Crippen molar-refractivity contribution in [2.75, 3.05) is 11.9 Å². The minimum absolute atomic E-state index is 0.0963. The van der Waals surface area contributed by atoms with Crippen LogP contribution in [0.5, 0.6) is 5.75 Å². The number of carbonyl (C=O) groups is 2. The summed E-state index contributed by atoms with van der Waals surface area (Å²) in [6.07, 6.45) is -4.47. The number of aromatic hydroxyl groups is 1. The lowest BCUT2D eigenvalue weighted by Crippen LogP contribution is -2.21. The van der Waals surface area contributed by atoms with Crippen molar-refractivity contribution in [2.24, 2.45) is 0 Å². The molecule has 0 unspecified atom stereocenters. The van der Waals surface area contributed by atoms with Gasteiger partial charge in [0.1, 0.15) is 11.3 Å². The van der Waals surface area contributed by atoms with E-state index in [-0.39, 0.29) is 17.0 Å². The third-order valence-corrected chi connectivity index (χ3v) is 3.95. The number of anilines is 1. The van der Waals surface area contributed by atoms with Crippen molar-refractivity contribution in [3.05, 3.63) is 71.8 Å².